The number of ether oxygens (including phenoxy) is 4. The van der Waals surface area contributed by atoms with Crippen molar-refractivity contribution in [1.29, 1.82) is 0 Å². The Morgan fingerprint density at radius 2 is 1.72 bits per heavy atom. The summed E-state index contributed by atoms with van der Waals surface area (Å²) in [7, 11) is 0. The number of carbonyl (C=O) groups is 4. The Balaban J connectivity index is 2.54. The van der Waals surface area contributed by atoms with Crippen LogP contribution in [0.15, 0.2) is 11.0 Å². The van der Waals surface area contributed by atoms with Gasteiger partial charge >= 0.3 is 17.9 Å². The molecule has 1 aromatic heterocycles. The smallest absolute Gasteiger partial charge is 0.303 e. The monoisotopic (exact) mass is 415 g/mol. The van der Waals surface area contributed by atoms with Gasteiger partial charge < -0.3 is 24.7 Å². The molecule has 2 rings (SSSR count). The summed E-state index contributed by atoms with van der Waals surface area (Å²) in [6.45, 7) is 2.82. The molecule has 0 saturated carbocycles. The number of nitrogens with zero attached hydrogens (tertiary/aromatic N) is 2. The molecular weight excluding hydrogens is 397 g/mol. The molecule has 0 bridgehead atoms. The van der Waals surface area contributed by atoms with E-state index in [1.807, 2.05) is 0 Å². The minimum atomic E-state index is -1.54. The SMILES string of the molecule is CC(=O)OCC1O[C@@H](n2cc(F)nc(C(N)=O)c2=O)[C@H](OC(C)=O)[C@@H]1OC(C)=O. The fourth-order valence-corrected chi connectivity index (χ4v) is 2.75. The number of nitrogens with two attached hydrogens (primary N) is 1. The highest BCUT2D eigenvalue weighted by Crippen LogP contribution is 2.33. The summed E-state index contributed by atoms with van der Waals surface area (Å²) >= 11 is 0. The van der Waals surface area contributed by atoms with E-state index >= 15 is 0 Å². The molecule has 29 heavy (non-hydrogen) atoms. The van der Waals surface area contributed by atoms with Crippen LogP contribution >= 0.6 is 0 Å². The van der Waals surface area contributed by atoms with Crippen LogP contribution < -0.4 is 11.3 Å². The molecule has 1 unspecified atom stereocenters. The van der Waals surface area contributed by atoms with E-state index in [2.05, 4.69) is 4.98 Å². The van der Waals surface area contributed by atoms with Crippen LogP contribution in [0.3, 0.4) is 0 Å². The van der Waals surface area contributed by atoms with Gasteiger partial charge in [-0.15, -0.1) is 0 Å². The number of rotatable bonds is 6. The van der Waals surface area contributed by atoms with E-state index in [1.165, 1.54) is 0 Å². The lowest BCUT2D eigenvalue weighted by Crippen LogP contribution is -2.42. The molecule has 12 nitrogen and oxygen atoms in total. The number of primary amides is 1. The van der Waals surface area contributed by atoms with Crippen molar-refractivity contribution in [2.75, 3.05) is 6.61 Å². The fourth-order valence-electron chi connectivity index (χ4n) is 2.75. The molecule has 1 aromatic rings. The lowest BCUT2D eigenvalue weighted by atomic mass is 10.1. The zero-order valence-electron chi connectivity index (χ0n) is 15.6. The maximum atomic E-state index is 13.9. The van der Waals surface area contributed by atoms with Crippen LogP contribution in [-0.4, -0.2) is 58.3 Å². The molecular formula is C16H18FN3O9. The van der Waals surface area contributed by atoms with E-state index in [-0.39, 0.29) is 0 Å². The Hall–Kier alpha value is -3.35. The summed E-state index contributed by atoms with van der Waals surface area (Å²) in [5.41, 5.74) is 2.99. The van der Waals surface area contributed by atoms with E-state index in [4.69, 9.17) is 24.7 Å². The number of carbonyl (C=O) groups excluding carboxylic acids is 4. The van der Waals surface area contributed by atoms with E-state index in [9.17, 15) is 28.4 Å². The van der Waals surface area contributed by atoms with Crippen LogP contribution in [0.25, 0.3) is 0 Å². The number of halogens is 1. The molecule has 2 N–H and O–H groups in total. The molecule has 4 atom stereocenters. The Labute approximate surface area is 162 Å². The van der Waals surface area contributed by atoms with Crippen molar-refractivity contribution in [2.45, 2.75) is 45.3 Å². The highest BCUT2D eigenvalue weighted by atomic mass is 19.1. The van der Waals surface area contributed by atoms with E-state index in [0.717, 1.165) is 20.8 Å². The molecule has 1 fully saturated rings. The van der Waals surface area contributed by atoms with Crippen LogP contribution in [-0.2, 0) is 33.3 Å². The Morgan fingerprint density at radius 3 is 2.24 bits per heavy atom. The van der Waals surface area contributed by atoms with Gasteiger partial charge in [0, 0.05) is 20.8 Å². The predicted octanol–water partition coefficient (Wildman–Crippen LogP) is -1.19. The zero-order valence-corrected chi connectivity index (χ0v) is 15.6. The lowest BCUT2D eigenvalue weighted by molar-refractivity contribution is -0.166. The van der Waals surface area contributed by atoms with Gasteiger partial charge in [0.1, 0.15) is 12.7 Å². The number of esters is 3. The summed E-state index contributed by atoms with van der Waals surface area (Å²) in [5.74, 6) is -4.82. The Morgan fingerprint density at radius 1 is 1.14 bits per heavy atom. The molecule has 0 spiro atoms. The quantitative estimate of drug-likeness (QED) is 0.440. The third-order valence-corrected chi connectivity index (χ3v) is 3.75. The largest absolute Gasteiger partial charge is 0.463 e. The second-order valence-electron chi connectivity index (χ2n) is 6.00. The normalized spacial score (nSPS) is 23.3. The predicted molar refractivity (Wildman–Crippen MR) is 88.6 cm³/mol. The molecule has 1 amide bonds. The summed E-state index contributed by atoms with van der Waals surface area (Å²) in [5, 5.41) is 0. The highest BCUT2D eigenvalue weighted by Gasteiger charge is 2.51. The first kappa shape index (κ1) is 21.9. The summed E-state index contributed by atoms with van der Waals surface area (Å²) in [6, 6.07) is 0. The van der Waals surface area contributed by atoms with E-state index < -0.39 is 72.2 Å². The second kappa shape index (κ2) is 8.77. The van der Waals surface area contributed by atoms with Crippen LogP contribution in [0.5, 0.6) is 0 Å². The topological polar surface area (TPSA) is 166 Å². The third-order valence-electron chi connectivity index (χ3n) is 3.75. The first-order chi connectivity index (χ1) is 13.5. The molecule has 1 saturated heterocycles. The molecule has 1 aliphatic heterocycles. The lowest BCUT2D eigenvalue weighted by Gasteiger charge is -2.24. The number of hydrogen-bond acceptors (Lipinski definition) is 10. The van der Waals surface area contributed by atoms with E-state index in [0.29, 0.717) is 10.8 Å². The van der Waals surface area contributed by atoms with Gasteiger partial charge in [-0.1, -0.05) is 0 Å². The van der Waals surface area contributed by atoms with Crippen LogP contribution in [0, 0.1) is 5.95 Å². The Kier molecular flexibility index (Phi) is 6.64. The van der Waals surface area contributed by atoms with Gasteiger partial charge in [-0.25, -0.2) is 4.98 Å². The average molecular weight is 415 g/mol. The minimum absolute atomic E-state index is 0.424. The fraction of sp³-hybridized carbons (Fsp3) is 0.500. The first-order valence-electron chi connectivity index (χ1n) is 8.23. The van der Waals surface area contributed by atoms with Gasteiger partial charge in [0.05, 0.1) is 6.20 Å². The van der Waals surface area contributed by atoms with Crippen molar-refractivity contribution in [2.24, 2.45) is 5.73 Å². The van der Waals surface area contributed by atoms with Crippen molar-refractivity contribution in [3.63, 3.8) is 0 Å². The number of hydrogen-bond donors (Lipinski definition) is 1. The molecule has 1 aliphatic rings. The van der Waals surface area contributed by atoms with Crippen molar-refractivity contribution >= 4 is 23.8 Å². The Bertz CT molecular complexity index is 900. The third kappa shape index (κ3) is 5.13. The van der Waals surface area contributed by atoms with Gasteiger partial charge in [0.15, 0.2) is 24.1 Å². The average Bonchev–Trinajstić information content (AvgIpc) is 2.91. The van der Waals surface area contributed by atoms with Gasteiger partial charge in [-0.05, 0) is 0 Å². The maximum Gasteiger partial charge on any atom is 0.303 e. The van der Waals surface area contributed by atoms with Crippen LogP contribution in [0.4, 0.5) is 4.39 Å². The summed E-state index contributed by atoms with van der Waals surface area (Å²) < 4.78 is 35.1. The molecule has 13 heteroatoms. The first-order valence-corrected chi connectivity index (χ1v) is 8.23. The molecule has 0 aromatic carbocycles. The maximum absolute atomic E-state index is 13.9. The van der Waals surface area contributed by atoms with Gasteiger partial charge in [0.25, 0.3) is 11.5 Å². The zero-order chi connectivity index (χ0) is 21.9. The standard InChI is InChI=1S/C16H18FN3O9/c1-6(21)26-5-9-12(27-7(2)22)13(28-8(3)23)16(29-9)20-4-10(17)19-11(14(18)24)15(20)25/h4,9,12-13,16H,5H2,1-3H3,(H2,18,24)/t9?,12-,13-,16-/m1/s1. The number of amides is 1. The van der Waals surface area contributed by atoms with Crippen LogP contribution in [0.1, 0.15) is 37.5 Å². The number of aromatic nitrogens is 2. The van der Waals surface area contributed by atoms with Crippen molar-refractivity contribution in [3.05, 3.63) is 28.2 Å². The molecule has 0 aliphatic carbocycles. The van der Waals surface area contributed by atoms with Gasteiger partial charge in [-0.3, -0.25) is 28.5 Å². The van der Waals surface area contributed by atoms with Gasteiger partial charge in [-0.2, -0.15) is 4.39 Å². The van der Waals surface area contributed by atoms with Gasteiger partial charge in [0.2, 0.25) is 5.95 Å². The van der Waals surface area contributed by atoms with Crippen molar-refractivity contribution in [3.8, 4) is 0 Å². The summed E-state index contributed by atoms with van der Waals surface area (Å²) in [4.78, 5) is 61.2. The van der Waals surface area contributed by atoms with Crippen molar-refractivity contribution in [1.82, 2.24) is 9.55 Å². The minimum Gasteiger partial charge on any atom is -0.463 e. The van der Waals surface area contributed by atoms with E-state index in [1.54, 1.807) is 0 Å². The molecule has 0 radical (unpaired) electrons. The summed E-state index contributed by atoms with van der Waals surface area (Å²) in [6.07, 6.45) is -4.84. The second-order valence-corrected chi connectivity index (χ2v) is 6.00. The molecule has 2 heterocycles. The van der Waals surface area contributed by atoms with Crippen LogP contribution in [0.2, 0.25) is 0 Å². The van der Waals surface area contributed by atoms with Crippen molar-refractivity contribution < 1.29 is 42.5 Å². The molecule has 158 valence electrons. The highest BCUT2D eigenvalue weighted by molar-refractivity contribution is 5.90.